The lowest BCUT2D eigenvalue weighted by atomic mass is 10.1. The Morgan fingerprint density at radius 1 is 1.35 bits per heavy atom. The zero-order valence-corrected chi connectivity index (χ0v) is 11.5. The number of carbonyl (C=O) groups excluding carboxylic acids is 4. The van der Waals surface area contributed by atoms with Gasteiger partial charge in [0.2, 0.25) is 11.8 Å². The van der Waals surface area contributed by atoms with Crippen LogP contribution < -0.4 is 5.32 Å². The Hall–Kier alpha value is -2.44. The second-order valence-corrected chi connectivity index (χ2v) is 4.80. The minimum absolute atomic E-state index is 0.153. The lowest BCUT2D eigenvalue weighted by molar-refractivity contribution is -0.138. The van der Waals surface area contributed by atoms with Crippen LogP contribution in [0.25, 0.3) is 0 Å². The van der Waals surface area contributed by atoms with Crippen molar-refractivity contribution >= 4 is 23.5 Å². The van der Waals surface area contributed by atoms with Gasteiger partial charge in [0, 0.05) is 18.8 Å². The number of ketones is 1. The smallest absolute Gasteiger partial charge is 0.271 e. The molecule has 0 aliphatic carbocycles. The fraction of sp³-hybridized carbons (Fsp3) is 0.385. The Morgan fingerprint density at radius 2 is 2.00 bits per heavy atom. The number of aryl methyl sites for hydroxylation is 1. The Kier molecular flexibility index (Phi) is 3.44. The number of carbonyl (C=O) groups is 4. The van der Waals surface area contributed by atoms with Crippen molar-refractivity contribution in [3.05, 3.63) is 23.5 Å². The summed E-state index contributed by atoms with van der Waals surface area (Å²) in [6.45, 7) is 2.78. The van der Waals surface area contributed by atoms with Crippen LogP contribution >= 0.6 is 0 Å². The molecule has 0 aromatic carbocycles. The molecule has 1 N–H and O–H groups in total. The number of hydrogen-bond donors (Lipinski definition) is 1. The molecule has 1 aliphatic heterocycles. The fourth-order valence-corrected chi connectivity index (χ4v) is 2.08. The average Bonchev–Trinajstić information content (AvgIpc) is 2.75. The molecule has 2 rings (SSSR count). The van der Waals surface area contributed by atoms with Gasteiger partial charge in [-0.15, -0.1) is 0 Å². The maximum Gasteiger partial charge on any atom is 0.271 e. The van der Waals surface area contributed by atoms with E-state index in [1.165, 1.54) is 22.5 Å². The first-order valence-electron chi connectivity index (χ1n) is 6.13. The molecular weight excluding hydrogens is 262 g/mol. The van der Waals surface area contributed by atoms with Crippen molar-refractivity contribution in [3.63, 3.8) is 0 Å². The highest BCUT2D eigenvalue weighted by atomic mass is 16.2. The van der Waals surface area contributed by atoms with Crippen LogP contribution in [0.1, 0.15) is 34.7 Å². The molecule has 1 atom stereocenters. The second-order valence-electron chi connectivity index (χ2n) is 4.80. The molecule has 1 fully saturated rings. The normalized spacial score (nSPS) is 18.9. The highest BCUT2D eigenvalue weighted by molar-refractivity contribution is 6.07. The zero-order valence-electron chi connectivity index (χ0n) is 11.5. The van der Waals surface area contributed by atoms with Gasteiger partial charge in [0.15, 0.2) is 5.78 Å². The molecule has 0 bridgehead atoms. The van der Waals surface area contributed by atoms with Crippen molar-refractivity contribution in [1.29, 1.82) is 0 Å². The van der Waals surface area contributed by atoms with Gasteiger partial charge in [-0.1, -0.05) is 0 Å². The number of imide groups is 1. The molecule has 1 saturated heterocycles. The summed E-state index contributed by atoms with van der Waals surface area (Å²) in [6, 6.07) is 0.741. The second kappa shape index (κ2) is 4.92. The fourth-order valence-electron chi connectivity index (χ4n) is 2.08. The van der Waals surface area contributed by atoms with Gasteiger partial charge in [0.25, 0.3) is 5.91 Å². The summed E-state index contributed by atoms with van der Waals surface area (Å²) in [5, 5.41) is 2.17. The molecule has 0 radical (unpaired) electrons. The van der Waals surface area contributed by atoms with E-state index in [-0.39, 0.29) is 18.0 Å². The number of piperazine rings is 1. The monoisotopic (exact) mass is 277 g/mol. The first-order valence-corrected chi connectivity index (χ1v) is 6.13. The standard InChI is InChI=1S/C13H15N3O4/c1-7-12(19)14-11(18)6-16(7)13(20)10-4-9(8(2)17)5-15(10)3/h4-5,7H,6H2,1-3H3,(H,14,18,19). The van der Waals surface area contributed by atoms with E-state index in [0.717, 1.165) is 0 Å². The van der Waals surface area contributed by atoms with Crippen LogP contribution in [0, 0.1) is 0 Å². The number of nitrogens with one attached hydrogen (secondary N) is 1. The van der Waals surface area contributed by atoms with Crippen molar-refractivity contribution in [2.45, 2.75) is 19.9 Å². The molecule has 0 spiro atoms. The Morgan fingerprint density at radius 3 is 2.55 bits per heavy atom. The molecule has 1 aliphatic rings. The van der Waals surface area contributed by atoms with Crippen LogP contribution in [0.2, 0.25) is 0 Å². The summed E-state index contributed by atoms with van der Waals surface area (Å²) in [7, 11) is 1.64. The highest BCUT2D eigenvalue weighted by Gasteiger charge is 2.35. The van der Waals surface area contributed by atoms with E-state index >= 15 is 0 Å². The van der Waals surface area contributed by atoms with Crippen molar-refractivity contribution < 1.29 is 19.2 Å². The summed E-state index contributed by atoms with van der Waals surface area (Å²) in [5.74, 6) is -1.62. The summed E-state index contributed by atoms with van der Waals surface area (Å²) < 4.78 is 1.52. The van der Waals surface area contributed by atoms with Crippen LogP contribution in [0.3, 0.4) is 0 Å². The van der Waals surface area contributed by atoms with Crippen LogP contribution in [0.5, 0.6) is 0 Å². The van der Waals surface area contributed by atoms with Gasteiger partial charge in [-0.25, -0.2) is 0 Å². The van der Waals surface area contributed by atoms with Crippen LogP contribution in [-0.4, -0.2) is 45.6 Å². The first-order chi connectivity index (χ1) is 9.31. The molecule has 1 aromatic heterocycles. The van der Waals surface area contributed by atoms with E-state index in [9.17, 15) is 19.2 Å². The molecule has 1 aromatic rings. The van der Waals surface area contributed by atoms with Gasteiger partial charge < -0.3 is 9.47 Å². The Bertz CT molecular complexity index is 617. The molecule has 0 saturated carbocycles. The van der Waals surface area contributed by atoms with E-state index in [4.69, 9.17) is 0 Å². The van der Waals surface area contributed by atoms with Crippen LogP contribution in [0.4, 0.5) is 0 Å². The lowest BCUT2D eigenvalue weighted by Gasteiger charge is -2.31. The van der Waals surface area contributed by atoms with E-state index in [1.54, 1.807) is 20.2 Å². The van der Waals surface area contributed by atoms with Crippen molar-refractivity contribution in [2.24, 2.45) is 7.05 Å². The topological polar surface area (TPSA) is 88.5 Å². The van der Waals surface area contributed by atoms with Gasteiger partial charge in [0.05, 0.1) is 0 Å². The third kappa shape index (κ3) is 2.34. The van der Waals surface area contributed by atoms with E-state index in [2.05, 4.69) is 5.32 Å². The molecule has 3 amide bonds. The van der Waals surface area contributed by atoms with Gasteiger partial charge in [-0.2, -0.15) is 0 Å². The van der Waals surface area contributed by atoms with Gasteiger partial charge >= 0.3 is 0 Å². The van der Waals surface area contributed by atoms with Gasteiger partial charge in [-0.05, 0) is 19.9 Å². The summed E-state index contributed by atoms with van der Waals surface area (Å²) in [4.78, 5) is 47.9. The maximum atomic E-state index is 12.4. The van der Waals surface area contributed by atoms with Gasteiger partial charge in [0.1, 0.15) is 18.3 Å². The first kappa shape index (κ1) is 14.0. The minimum Gasteiger partial charge on any atom is -0.346 e. The minimum atomic E-state index is -0.726. The molecule has 106 valence electrons. The summed E-state index contributed by atoms with van der Waals surface area (Å²) >= 11 is 0. The third-order valence-electron chi connectivity index (χ3n) is 3.31. The zero-order chi connectivity index (χ0) is 15.0. The third-order valence-corrected chi connectivity index (χ3v) is 3.31. The molecular formula is C13H15N3O4. The molecule has 1 unspecified atom stereocenters. The largest absolute Gasteiger partial charge is 0.346 e. The van der Waals surface area contributed by atoms with Crippen molar-refractivity contribution in [3.8, 4) is 0 Å². The number of rotatable bonds is 2. The number of hydrogen-bond acceptors (Lipinski definition) is 4. The van der Waals surface area contributed by atoms with Gasteiger partial charge in [-0.3, -0.25) is 24.5 Å². The SMILES string of the molecule is CC(=O)c1cc(C(=O)N2CC(=O)NC(=O)C2C)n(C)c1. The van der Waals surface area contributed by atoms with E-state index in [0.29, 0.717) is 5.56 Å². The molecule has 7 heteroatoms. The number of nitrogens with zero attached hydrogens (tertiary/aromatic N) is 2. The number of aromatic nitrogens is 1. The Labute approximate surface area is 115 Å². The lowest BCUT2D eigenvalue weighted by Crippen LogP contribution is -2.58. The molecule has 2 heterocycles. The highest BCUT2D eigenvalue weighted by Crippen LogP contribution is 2.14. The quantitative estimate of drug-likeness (QED) is 0.594. The molecule has 7 nitrogen and oxygen atoms in total. The predicted molar refractivity (Wildman–Crippen MR) is 69.1 cm³/mol. The van der Waals surface area contributed by atoms with E-state index in [1.807, 2.05) is 0 Å². The summed E-state index contributed by atoms with van der Waals surface area (Å²) in [5.41, 5.74) is 0.681. The number of amides is 3. The summed E-state index contributed by atoms with van der Waals surface area (Å²) in [6.07, 6.45) is 1.55. The number of Topliss-reactive ketones (excluding diaryl/α,β-unsaturated/α-hetero) is 1. The van der Waals surface area contributed by atoms with Crippen molar-refractivity contribution in [2.75, 3.05) is 6.54 Å². The average molecular weight is 277 g/mol. The predicted octanol–water partition coefficient (Wildman–Crippen LogP) is -0.285. The maximum absolute atomic E-state index is 12.4. The van der Waals surface area contributed by atoms with Crippen LogP contribution in [0.15, 0.2) is 12.3 Å². The van der Waals surface area contributed by atoms with Crippen molar-refractivity contribution in [1.82, 2.24) is 14.8 Å². The van der Waals surface area contributed by atoms with E-state index < -0.39 is 23.8 Å². The van der Waals surface area contributed by atoms with Crippen LogP contribution in [-0.2, 0) is 16.6 Å². The molecule has 20 heavy (non-hydrogen) atoms. The Balaban J connectivity index is 2.33.